The average Bonchev–Trinajstić information content (AvgIpc) is 3.33. The number of nitrogens with zero attached hydrogens (tertiary/aromatic N) is 2. The molecule has 0 radical (unpaired) electrons. The third-order valence-electron chi connectivity index (χ3n) is 5.83. The van der Waals surface area contributed by atoms with Gasteiger partial charge in [-0.1, -0.05) is 30.3 Å². The van der Waals surface area contributed by atoms with E-state index in [4.69, 9.17) is 15.2 Å². The van der Waals surface area contributed by atoms with Crippen LogP contribution in [0.2, 0.25) is 0 Å². The molecule has 8 nitrogen and oxygen atoms in total. The van der Waals surface area contributed by atoms with Crippen LogP contribution in [0.25, 0.3) is 10.9 Å². The van der Waals surface area contributed by atoms with Gasteiger partial charge in [0.05, 0.1) is 43.0 Å². The van der Waals surface area contributed by atoms with E-state index in [-0.39, 0.29) is 22.7 Å². The molecule has 1 unspecified atom stereocenters. The Morgan fingerprint density at radius 3 is 2.39 bits per heavy atom. The molecular weight excluding hydrogens is 420 g/mol. The zero-order valence-corrected chi connectivity index (χ0v) is 18.4. The Bertz CT molecular complexity index is 1360. The van der Waals surface area contributed by atoms with Gasteiger partial charge in [0.2, 0.25) is 0 Å². The highest BCUT2D eigenvalue weighted by Crippen LogP contribution is 2.44. The standard InChI is InChI=1S/C25H22N4O4/c1-14-16-11-12-28-18(16)9-10-19(14)29-22(25(31)33-3)21(24(30)32-2)20(17(13-26)23(29)27)15-7-5-4-6-8-15/h4-12,20,28H,27H2,1-3H3. The highest BCUT2D eigenvalue weighted by Gasteiger charge is 2.43. The molecule has 1 atom stereocenters. The molecule has 1 aliphatic rings. The molecule has 0 fully saturated rings. The van der Waals surface area contributed by atoms with Crippen LogP contribution in [-0.4, -0.2) is 31.1 Å². The molecule has 166 valence electrons. The van der Waals surface area contributed by atoms with Crippen molar-refractivity contribution in [2.24, 2.45) is 5.73 Å². The second-order valence-electron chi connectivity index (χ2n) is 7.48. The van der Waals surface area contributed by atoms with E-state index in [0.717, 1.165) is 16.5 Å². The first-order chi connectivity index (χ1) is 15.9. The number of allylic oxidation sites excluding steroid dienone is 1. The summed E-state index contributed by atoms with van der Waals surface area (Å²) in [5, 5.41) is 11.0. The van der Waals surface area contributed by atoms with Gasteiger partial charge in [-0.3, -0.25) is 4.90 Å². The highest BCUT2D eigenvalue weighted by molar-refractivity contribution is 6.07. The molecule has 0 bridgehead atoms. The van der Waals surface area contributed by atoms with Crippen molar-refractivity contribution >= 4 is 28.5 Å². The summed E-state index contributed by atoms with van der Waals surface area (Å²) >= 11 is 0. The molecule has 8 heteroatoms. The molecule has 1 aliphatic heterocycles. The fraction of sp³-hybridized carbons (Fsp3) is 0.160. The van der Waals surface area contributed by atoms with E-state index in [1.807, 2.05) is 25.1 Å². The largest absolute Gasteiger partial charge is 0.466 e. The Morgan fingerprint density at radius 1 is 1.06 bits per heavy atom. The van der Waals surface area contributed by atoms with Gasteiger partial charge in [0.25, 0.3) is 0 Å². The van der Waals surface area contributed by atoms with E-state index >= 15 is 0 Å². The fourth-order valence-corrected chi connectivity index (χ4v) is 4.28. The second kappa shape index (κ2) is 8.55. The van der Waals surface area contributed by atoms with Crippen molar-refractivity contribution in [1.82, 2.24) is 4.98 Å². The second-order valence-corrected chi connectivity index (χ2v) is 7.48. The molecule has 3 aromatic rings. The molecule has 0 saturated carbocycles. The summed E-state index contributed by atoms with van der Waals surface area (Å²) in [7, 11) is 2.45. The van der Waals surface area contributed by atoms with Crippen molar-refractivity contribution in [3.05, 3.63) is 88.5 Å². The summed E-state index contributed by atoms with van der Waals surface area (Å²) in [6.07, 6.45) is 1.81. The summed E-state index contributed by atoms with van der Waals surface area (Å²) < 4.78 is 10.1. The number of nitrogens with two attached hydrogens (primary N) is 1. The van der Waals surface area contributed by atoms with Gasteiger partial charge in [0, 0.05) is 17.1 Å². The lowest BCUT2D eigenvalue weighted by Gasteiger charge is -2.36. The van der Waals surface area contributed by atoms with Crippen LogP contribution in [0.3, 0.4) is 0 Å². The molecule has 2 heterocycles. The number of hydrogen-bond acceptors (Lipinski definition) is 7. The van der Waals surface area contributed by atoms with Gasteiger partial charge in [-0.25, -0.2) is 9.59 Å². The van der Waals surface area contributed by atoms with E-state index in [1.165, 1.54) is 19.1 Å². The number of aryl methyl sites for hydroxylation is 1. The first-order valence-corrected chi connectivity index (χ1v) is 10.2. The van der Waals surface area contributed by atoms with Gasteiger partial charge in [-0.05, 0) is 36.2 Å². The lowest BCUT2D eigenvalue weighted by Crippen LogP contribution is -2.41. The van der Waals surface area contributed by atoms with E-state index in [1.54, 1.807) is 36.5 Å². The molecule has 0 amide bonds. The number of ether oxygens (including phenoxy) is 2. The van der Waals surface area contributed by atoms with E-state index in [9.17, 15) is 14.9 Å². The third-order valence-corrected chi connectivity index (χ3v) is 5.83. The minimum atomic E-state index is -0.898. The van der Waals surface area contributed by atoms with Crippen LogP contribution in [0.4, 0.5) is 5.69 Å². The van der Waals surface area contributed by atoms with Crippen LogP contribution in [0.5, 0.6) is 0 Å². The van der Waals surface area contributed by atoms with Crippen molar-refractivity contribution in [2.75, 3.05) is 19.1 Å². The van der Waals surface area contributed by atoms with Crippen LogP contribution in [-0.2, 0) is 19.1 Å². The smallest absolute Gasteiger partial charge is 0.355 e. The van der Waals surface area contributed by atoms with Gasteiger partial charge in [-0.2, -0.15) is 5.26 Å². The third kappa shape index (κ3) is 3.40. The normalized spacial score (nSPS) is 16.1. The average molecular weight is 442 g/mol. The van der Waals surface area contributed by atoms with Crippen molar-refractivity contribution in [2.45, 2.75) is 12.8 Å². The summed E-state index contributed by atoms with van der Waals surface area (Å²) in [6, 6.07) is 16.6. The van der Waals surface area contributed by atoms with Crippen LogP contribution < -0.4 is 10.6 Å². The lowest BCUT2D eigenvalue weighted by molar-refractivity contribution is -0.139. The first-order valence-electron chi connectivity index (χ1n) is 10.2. The number of carbonyl (C=O) groups excluding carboxylic acids is 2. The minimum absolute atomic E-state index is 0.0186. The Balaban J connectivity index is 2.10. The molecule has 1 aromatic heterocycles. The molecule has 3 N–H and O–H groups in total. The van der Waals surface area contributed by atoms with Gasteiger partial charge < -0.3 is 20.2 Å². The van der Waals surface area contributed by atoms with Gasteiger partial charge >= 0.3 is 11.9 Å². The summed E-state index contributed by atoms with van der Waals surface area (Å²) in [5.74, 6) is -2.39. The minimum Gasteiger partial charge on any atom is -0.466 e. The molecular formula is C25H22N4O4. The van der Waals surface area contributed by atoms with Crippen LogP contribution >= 0.6 is 0 Å². The zero-order chi connectivity index (χ0) is 23.7. The maximum absolute atomic E-state index is 13.1. The number of aromatic amines is 1. The van der Waals surface area contributed by atoms with Crippen LogP contribution in [0, 0.1) is 18.3 Å². The van der Waals surface area contributed by atoms with Crippen LogP contribution in [0.15, 0.2) is 77.4 Å². The van der Waals surface area contributed by atoms with E-state index < -0.39 is 17.9 Å². The van der Waals surface area contributed by atoms with Gasteiger partial charge in [0.15, 0.2) is 0 Å². The van der Waals surface area contributed by atoms with Crippen LogP contribution in [0.1, 0.15) is 17.0 Å². The zero-order valence-electron chi connectivity index (χ0n) is 18.4. The van der Waals surface area contributed by atoms with Crippen molar-refractivity contribution in [1.29, 1.82) is 5.26 Å². The molecule has 2 aromatic carbocycles. The number of nitrogens with one attached hydrogen (secondary N) is 1. The number of H-pyrrole nitrogens is 1. The van der Waals surface area contributed by atoms with Crippen molar-refractivity contribution in [3.8, 4) is 6.07 Å². The van der Waals surface area contributed by atoms with E-state index in [2.05, 4.69) is 11.1 Å². The Hall–Kier alpha value is -4.51. The molecule has 0 aliphatic carbocycles. The number of fused-ring (bicyclic) bond motifs is 1. The number of benzene rings is 2. The summed E-state index contributed by atoms with van der Waals surface area (Å²) in [4.78, 5) is 30.8. The van der Waals surface area contributed by atoms with Gasteiger partial charge in [-0.15, -0.1) is 0 Å². The van der Waals surface area contributed by atoms with Crippen molar-refractivity contribution in [3.63, 3.8) is 0 Å². The molecule has 0 spiro atoms. The Morgan fingerprint density at radius 2 is 1.76 bits per heavy atom. The number of nitriles is 1. The predicted molar refractivity (Wildman–Crippen MR) is 123 cm³/mol. The monoisotopic (exact) mass is 442 g/mol. The number of hydrogen-bond donors (Lipinski definition) is 2. The quantitative estimate of drug-likeness (QED) is 0.594. The van der Waals surface area contributed by atoms with Gasteiger partial charge in [0.1, 0.15) is 11.5 Å². The SMILES string of the molecule is COC(=O)C1=C(C(=O)OC)N(c2ccc3[nH]ccc3c2C)C(N)=C(C#N)C1c1ccccc1. The maximum atomic E-state index is 13.1. The number of aromatic nitrogens is 1. The number of carbonyl (C=O) groups is 2. The number of methoxy groups -OCH3 is 2. The Labute approximate surface area is 190 Å². The highest BCUT2D eigenvalue weighted by atomic mass is 16.5. The molecule has 0 saturated heterocycles. The number of rotatable bonds is 4. The number of esters is 2. The Kier molecular flexibility index (Phi) is 5.63. The topological polar surface area (TPSA) is 121 Å². The molecule has 4 rings (SSSR count). The summed E-state index contributed by atoms with van der Waals surface area (Å²) in [6.45, 7) is 1.88. The molecule has 33 heavy (non-hydrogen) atoms. The fourth-order valence-electron chi connectivity index (χ4n) is 4.28. The number of anilines is 1. The maximum Gasteiger partial charge on any atom is 0.355 e. The summed E-state index contributed by atoms with van der Waals surface area (Å²) in [5.41, 5.74) is 9.43. The first kappa shape index (κ1) is 21.7. The van der Waals surface area contributed by atoms with E-state index in [0.29, 0.717) is 11.3 Å². The van der Waals surface area contributed by atoms with Crippen molar-refractivity contribution < 1.29 is 19.1 Å². The lowest BCUT2D eigenvalue weighted by atomic mass is 9.80. The predicted octanol–water partition coefficient (Wildman–Crippen LogP) is 3.37.